The van der Waals surface area contributed by atoms with Crippen molar-refractivity contribution in [3.63, 3.8) is 0 Å². The number of non-ortho nitro benzene ring substituents is 1. The SMILES string of the molecule is CC[C@]1(CF)C(N(C(=O)OC(C)(C)C)C(=O)OC(C)(C)C)=N[C@](C)(c2cc([N+](=O)[O-])ccc2F)C(C)S1(=O)=O. The fourth-order valence-electron chi connectivity index (χ4n) is 4.18. The van der Waals surface area contributed by atoms with Gasteiger partial charge in [0.2, 0.25) is 0 Å². The molecule has 11 nitrogen and oxygen atoms in total. The second-order valence-corrected chi connectivity index (χ2v) is 14.0. The number of hydrogen-bond acceptors (Lipinski definition) is 9. The van der Waals surface area contributed by atoms with E-state index in [0.717, 1.165) is 18.2 Å². The number of amides is 2. The van der Waals surface area contributed by atoms with Gasteiger partial charge in [-0.05, 0) is 67.9 Å². The number of rotatable bonds is 4. The Kier molecular flexibility index (Phi) is 8.57. The normalized spacial score (nSPS) is 24.9. The number of carbonyl (C=O) groups excluding carboxylic acids is 2. The van der Waals surface area contributed by atoms with Crippen LogP contribution in [0, 0.1) is 15.9 Å². The maximum atomic E-state index is 15.2. The lowest BCUT2D eigenvalue weighted by atomic mass is 9.87. The van der Waals surface area contributed by atoms with E-state index >= 15 is 4.39 Å². The molecule has 3 atom stereocenters. The predicted molar refractivity (Wildman–Crippen MR) is 140 cm³/mol. The van der Waals surface area contributed by atoms with Gasteiger partial charge in [-0.3, -0.25) is 15.1 Å². The second kappa shape index (κ2) is 10.4. The molecule has 0 spiro atoms. The van der Waals surface area contributed by atoms with Crippen LogP contribution in [0.3, 0.4) is 0 Å². The van der Waals surface area contributed by atoms with Crippen LogP contribution in [0.15, 0.2) is 23.2 Å². The van der Waals surface area contributed by atoms with Crippen molar-refractivity contribution >= 4 is 33.5 Å². The van der Waals surface area contributed by atoms with Gasteiger partial charge < -0.3 is 9.47 Å². The third kappa shape index (κ3) is 5.89. The number of aliphatic imine (C=N–C) groups is 1. The third-order valence-electron chi connectivity index (χ3n) is 6.40. The molecule has 0 saturated carbocycles. The van der Waals surface area contributed by atoms with Crippen molar-refractivity contribution in [2.24, 2.45) is 4.99 Å². The van der Waals surface area contributed by atoms with Gasteiger partial charge in [-0.15, -0.1) is 0 Å². The maximum absolute atomic E-state index is 15.2. The van der Waals surface area contributed by atoms with Gasteiger partial charge in [0.05, 0.1) is 10.2 Å². The van der Waals surface area contributed by atoms with E-state index in [2.05, 4.69) is 4.99 Å². The summed E-state index contributed by atoms with van der Waals surface area (Å²) in [6.07, 6.45) is -3.26. The van der Waals surface area contributed by atoms with Crippen LogP contribution in [-0.2, 0) is 24.8 Å². The Labute approximate surface area is 226 Å². The Hall–Kier alpha value is -3.16. The van der Waals surface area contributed by atoms with Crippen molar-refractivity contribution in [1.82, 2.24) is 4.90 Å². The number of ether oxygens (including phenoxy) is 2. The zero-order valence-electron chi connectivity index (χ0n) is 23.5. The van der Waals surface area contributed by atoms with Crippen molar-refractivity contribution in [3.05, 3.63) is 39.7 Å². The first-order valence-electron chi connectivity index (χ1n) is 12.2. The van der Waals surface area contributed by atoms with Crippen molar-refractivity contribution < 1.29 is 41.2 Å². The summed E-state index contributed by atoms with van der Waals surface area (Å²) < 4.78 is 66.4. The first kappa shape index (κ1) is 32.1. The molecule has 0 N–H and O–H groups in total. The molecule has 1 aromatic carbocycles. The minimum absolute atomic E-state index is 0.219. The summed E-state index contributed by atoms with van der Waals surface area (Å²) in [4.78, 5) is 42.0. The molecule has 0 bridgehead atoms. The van der Waals surface area contributed by atoms with Gasteiger partial charge in [-0.1, -0.05) is 6.92 Å². The summed E-state index contributed by atoms with van der Waals surface area (Å²) in [5.74, 6) is -1.90. The van der Waals surface area contributed by atoms with Gasteiger partial charge >= 0.3 is 12.2 Å². The van der Waals surface area contributed by atoms with E-state index in [1.54, 1.807) is 0 Å². The molecule has 2 amide bonds. The molecule has 1 unspecified atom stereocenters. The molecule has 1 heterocycles. The number of nitrogens with zero attached hydrogens (tertiary/aromatic N) is 3. The Morgan fingerprint density at radius 1 is 1.13 bits per heavy atom. The largest absolute Gasteiger partial charge is 0.443 e. The van der Waals surface area contributed by atoms with Crippen LogP contribution in [0.1, 0.15) is 74.3 Å². The molecule has 0 fully saturated rings. The summed E-state index contributed by atoms with van der Waals surface area (Å²) >= 11 is 0. The fraction of sp³-hybridized carbons (Fsp3) is 0.640. The van der Waals surface area contributed by atoms with E-state index in [9.17, 15) is 32.5 Å². The maximum Gasteiger partial charge on any atom is 0.425 e. The Morgan fingerprint density at radius 2 is 1.62 bits per heavy atom. The molecular formula is C25H35F2N3O8S. The number of amidine groups is 1. The standard InChI is InChI=1S/C25H35F2N3O8S/c1-10-25(14-26)19(29(20(31)37-22(3,4)5)21(32)38-23(6,7)8)28-24(9,15(2)39(25,35)36)17-13-16(30(33)34)11-12-18(17)27/h11-13,15H,10,14H2,1-9H3/t15?,24-,25-/m0/s1. The van der Waals surface area contributed by atoms with Gasteiger partial charge in [0.15, 0.2) is 14.6 Å². The topological polar surface area (TPSA) is 145 Å². The quantitative estimate of drug-likeness (QED) is 0.340. The number of halogens is 2. The highest BCUT2D eigenvalue weighted by atomic mass is 32.2. The molecule has 39 heavy (non-hydrogen) atoms. The number of carbonyl (C=O) groups is 2. The minimum atomic E-state index is -4.72. The van der Waals surface area contributed by atoms with E-state index < -0.39 is 89.7 Å². The highest BCUT2D eigenvalue weighted by Gasteiger charge is 2.63. The summed E-state index contributed by atoms with van der Waals surface area (Å²) in [5.41, 5.74) is -5.55. The van der Waals surface area contributed by atoms with E-state index in [0.29, 0.717) is 0 Å². The van der Waals surface area contributed by atoms with Gasteiger partial charge in [0.25, 0.3) is 5.69 Å². The Balaban J connectivity index is 3.06. The number of sulfone groups is 1. The van der Waals surface area contributed by atoms with Gasteiger partial charge in [-0.25, -0.2) is 26.8 Å². The molecule has 1 aliphatic rings. The molecule has 0 radical (unpaired) electrons. The zero-order chi connectivity index (χ0) is 30.4. The predicted octanol–water partition coefficient (Wildman–Crippen LogP) is 5.46. The average molecular weight is 576 g/mol. The van der Waals surface area contributed by atoms with Crippen LogP contribution in [0.25, 0.3) is 0 Å². The van der Waals surface area contributed by atoms with Crippen LogP contribution in [0.5, 0.6) is 0 Å². The number of imide groups is 1. The number of nitro benzene ring substituents is 1. The Bertz CT molecular complexity index is 1270. The van der Waals surface area contributed by atoms with Crippen LogP contribution in [0.2, 0.25) is 0 Å². The summed E-state index contributed by atoms with van der Waals surface area (Å²) in [6, 6.07) is 2.49. The minimum Gasteiger partial charge on any atom is -0.443 e. The monoisotopic (exact) mass is 575 g/mol. The Morgan fingerprint density at radius 3 is 2.00 bits per heavy atom. The number of hydrogen-bond donors (Lipinski definition) is 0. The first-order valence-corrected chi connectivity index (χ1v) is 13.7. The number of benzene rings is 1. The van der Waals surface area contributed by atoms with Crippen molar-refractivity contribution in [3.8, 4) is 0 Å². The van der Waals surface area contributed by atoms with E-state index in [1.165, 1.54) is 62.3 Å². The first-order chi connectivity index (χ1) is 17.6. The van der Waals surface area contributed by atoms with E-state index in [-0.39, 0.29) is 4.90 Å². The van der Waals surface area contributed by atoms with Crippen molar-refractivity contribution in [2.45, 2.75) is 95.5 Å². The van der Waals surface area contributed by atoms with Crippen LogP contribution in [0.4, 0.5) is 24.1 Å². The van der Waals surface area contributed by atoms with Crippen LogP contribution >= 0.6 is 0 Å². The van der Waals surface area contributed by atoms with Gasteiger partial charge in [0.1, 0.15) is 35.1 Å². The molecule has 14 heteroatoms. The van der Waals surface area contributed by atoms with Crippen LogP contribution in [-0.4, -0.2) is 64.1 Å². The average Bonchev–Trinajstić information content (AvgIpc) is 2.76. The molecule has 0 aliphatic carbocycles. The zero-order valence-corrected chi connectivity index (χ0v) is 24.3. The molecule has 2 rings (SSSR count). The summed E-state index contributed by atoms with van der Waals surface area (Å²) in [6.45, 7) is 11.0. The molecule has 218 valence electrons. The lowest BCUT2D eigenvalue weighted by molar-refractivity contribution is -0.385. The van der Waals surface area contributed by atoms with Gasteiger partial charge in [0, 0.05) is 17.7 Å². The molecular weight excluding hydrogens is 540 g/mol. The van der Waals surface area contributed by atoms with Gasteiger partial charge in [-0.2, -0.15) is 4.90 Å². The van der Waals surface area contributed by atoms with E-state index in [4.69, 9.17) is 9.47 Å². The van der Waals surface area contributed by atoms with E-state index in [1.807, 2.05) is 0 Å². The molecule has 1 aliphatic heterocycles. The summed E-state index contributed by atoms with van der Waals surface area (Å²) in [5, 5.41) is 9.78. The molecule has 0 aromatic heterocycles. The molecule has 1 aromatic rings. The van der Waals surface area contributed by atoms with Crippen molar-refractivity contribution in [1.29, 1.82) is 0 Å². The lowest BCUT2D eigenvalue weighted by Gasteiger charge is -2.47. The smallest absolute Gasteiger partial charge is 0.425 e. The number of alkyl halides is 1. The molecule has 0 saturated heterocycles. The second-order valence-electron chi connectivity index (χ2n) is 11.5. The lowest BCUT2D eigenvalue weighted by Crippen LogP contribution is -2.66. The fourth-order valence-corrected chi connectivity index (χ4v) is 6.59. The van der Waals surface area contributed by atoms with Crippen LogP contribution < -0.4 is 0 Å². The number of nitro groups is 1. The third-order valence-corrected chi connectivity index (χ3v) is 9.46. The highest BCUT2D eigenvalue weighted by molar-refractivity contribution is 7.94. The summed E-state index contributed by atoms with van der Waals surface area (Å²) in [7, 11) is -4.72. The highest BCUT2D eigenvalue weighted by Crippen LogP contribution is 2.47. The van der Waals surface area contributed by atoms with Crippen molar-refractivity contribution in [2.75, 3.05) is 6.67 Å².